The van der Waals surface area contributed by atoms with E-state index in [0.29, 0.717) is 5.56 Å². The average molecular weight is 398 g/mol. The number of amides is 3. The van der Waals surface area contributed by atoms with Crippen molar-refractivity contribution in [2.24, 2.45) is 5.92 Å². The third-order valence-corrected chi connectivity index (χ3v) is 4.17. The van der Waals surface area contributed by atoms with Gasteiger partial charge < -0.3 is 5.32 Å². The fourth-order valence-electron chi connectivity index (χ4n) is 2.49. The van der Waals surface area contributed by atoms with Crippen molar-refractivity contribution < 1.29 is 19.3 Å². The van der Waals surface area contributed by atoms with E-state index in [1.165, 1.54) is 18.2 Å². The molecule has 152 valence electrons. The Morgan fingerprint density at radius 1 is 0.931 bits per heavy atom. The highest BCUT2D eigenvalue weighted by molar-refractivity contribution is 5.99. The summed E-state index contributed by atoms with van der Waals surface area (Å²) in [5, 5.41) is 13.5. The SMILES string of the molecule is Cc1ccc(C(=O)N[C@H](C(=O)NNC(=O)c2cccc([N+](=O)[O-])c2)C(C)C)cc1. The molecule has 2 aromatic rings. The van der Waals surface area contributed by atoms with Gasteiger partial charge >= 0.3 is 0 Å². The largest absolute Gasteiger partial charge is 0.340 e. The van der Waals surface area contributed by atoms with Crippen LogP contribution in [0.5, 0.6) is 0 Å². The number of carbonyl (C=O) groups is 3. The van der Waals surface area contributed by atoms with Crippen molar-refractivity contribution in [3.63, 3.8) is 0 Å². The lowest BCUT2D eigenvalue weighted by Crippen LogP contribution is -2.54. The second kappa shape index (κ2) is 9.45. The molecule has 0 radical (unpaired) electrons. The van der Waals surface area contributed by atoms with Crippen molar-refractivity contribution in [3.05, 3.63) is 75.3 Å². The molecule has 1 atom stereocenters. The average Bonchev–Trinajstić information content (AvgIpc) is 2.70. The molecule has 29 heavy (non-hydrogen) atoms. The van der Waals surface area contributed by atoms with Gasteiger partial charge in [-0.2, -0.15) is 0 Å². The van der Waals surface area contributed by atoms with E-state index in [9.17, 15) is 24.5 Å². The van der Waals surface area contributed by atoms with Crippen molar-refractivity contribution in [3.8, 4) is 0 Å². The number of hydrogen-bond acceptors (Lipinski definition) is 5. The van der Waals surface area contributed by atoms with E-state index < -0.39 is 28.7 Å². The van der Waals surface area contributed by atoms with Crippen LogP contribution in [0.3, 0.4) is 0 Å². The summed E-state index contributed by atoms with van der Waals surface area (Å²) in [7, 11) is 0. The van der Waals surface area contributed by atoms with Crippen LogP contribution in [0.25, 0.3) is 0 Å². The maximum Gasteiger partial charge on any atom is 0.270 e. The summed E-state index contributed by atoms with van der Waals surface area (Å²) >= 11 is 0. The van der Waals surface area contributed by atoms with Crippen LogP contribution in [0, 0.1) is 23.0 Å². The lowest BCUT2D eigenvalue weighted by Gasteiger charge is -2.22. The quantitative estimate of drug-likeness (QED) is 0.507. The number of hydrazine groups is 1. The minimum absolute atomic E-state index is 0.0179. The number of nitro groups is 1. The lowest BCUT2D eigenvalue weighted by atomic mass is 10.0. The Labute approximate surface area is 167 Å². The number of non-ortho nitro benzene ring substituents is 1. The molecule has 0 spiro atoms. The number of carbonyl (C=O) groups excluding carboxylic acids is 3. The smallest absolute Gasteiger partial charge is 0.270 e. The number of nitro benzene ring substituents is 1. The Hall–Kier alpha value is -3.75. The van der Waals surface area contributed by atoms with Gasteiger partial charge in [0, 0.05) is 23.3 Å². The van der Waals surface area contributed by atoms with Crippen molar-refractivity contribution in [1.29, 1.82) is 0 Å². The first-order valence-corrected chi connectivity index (χ1v) is 8.91. The summed E-state index contributed by atoms with van der Waals surface area (Å²) in [4.78, 5) is 47.2. The van der Waals surface area contributed by atoms with Gasteiger partial charge in [0.25, 0.3) is 23.4 Å². The second-order valence-corrected chi connectivity index (χ2v) is 6.81. The fraction of sp³-hybridized carbons (Fsp3) is 0.250. The second-order valence-electron chi connectivity index (χ2n) is 6.81. The van der Waals surface area contributed by atoms with Crippen molar-refractivity contribution >= 4 is 23.4 Å². The van der Waals surface area contributed by atoms with Crippen LogP contribution in [0.4, 0.5) is 5.69 Å². The molecule has 0 bridgehead atoms. The van der Waals surface area contributed by atoms with E-state index in [1.807, 2.05) is 6.92 Å². The molecule has 9 heteroatoms. The minimum atomic E-state index is -0.894. The van der Waals surface area contributed by atoms with E-state index in [1.54, 1.807) is 38.1 Å². The first kappa shape index (κ1) is 21.5. The van der Waals surface area contributed by atoms with Gasteiger partial charge in [0.15, 0.2) is 0 Å². The highest BCUT2D eigenvalue weighted by Gasteiger charge is 2.25. The summed E-state index contributed by atoms with van der Waals surface area (Å²) in [6.07, 6.45) is 0. The third kappa shape index (κ3) is 5.86. The van der Waals surface area contributed by atoms with Gasteiger partial charge in [-0.15, -0.1) is 0 Å². The Balaban J connectivity index is 2.01. The Bertz CT molecular complexity index is 925. The topological polar surface area (TPSA) is 130 Å². The summed E-state index contributed by atoms with van der Waals surface area (Å²) in [6.45, 7) is 5.40. The van der Waals surface area contributed by atoms with Gasteiger partial charge in [-0.3, -0.25) is 35.3 Å². The molecule has 0 unspecified atom stereocenters. The maximum atomic E-state index is 12.5. The Morgan fingerprint density at radius 2 is 1.59 bits per heavy atom. The molecule has 0 fully saturated rings. The van der Waals surface area contributed by atoms with Crippen molar-refractivity contribution in [1.82, 2.24) is 16.2 Å². The zero-order valence-corrected chi connectivity index (χ0v) is 16.3. The predicted molar refractivity (Wildman–Crippen MR) is 106 cm³/mol. The third-order valence-electron chi connectivity index (χ3n) is 4.17. The zero-order valence-electron chi connectivity index (χ0n) is 16.3. The van der Waals surface area contributed by atoms with Crippen LogP contribution in [0.15, 0.2) is 48.5 Å². The van der Waals surface area contributed by atoms with Gasteiger partial charge in [-0.25, -0.2) is 0 Å². The molecule has 0 saturated carbocycles. The van der Waals surface area contributed by atoms with Gasteiger partial charge in [0.05, 0.1) is 4.92 Å². The molecule has 0 saturated heterocycles. The first-order valence-electron chi connectivity index (χ1n) is 8.91. The van der Waals surface area contributed by atoms with Crippen LogP contribution in [0.1, 0.15) is 40.1 Å². The number of hydrogen-bond donors (Lipinski definition) is 3. The van der Waals surface area contributed by atoms with Crippen molar-refractivity contribution in [2.45, 2.75) is 26.8 Å². The summed E-state index contributed by atoms with van der Waals surface area (Å²) in [5.41, 5.74) is 5.65. The van der Waals surface area contributed by atoms with E-state index in [4.69, 9.17) is 0 Å². The first-order chi connectivity index (χ1) is 13.7. The molecular weight excluding hydrogens is 376 g/mol. The summed E-state index contributed by atoms with van der Waals surface area (Å²) in [6, 6.07) is 11.1. The molecule has 0 aliphatic carbocycles. The molecule has 0 aromatic heterocycles. The van der Waals surface area contributed by atoms with Crippen LogP contribution >= 0.6 is 0 Å². The van der Waals surface area contributed by atoms with Gasteiger partial charge in [0.2, 0.25) is 0 Å². The molecule has 3 N–H and O–H groups in total. The van der Waals surface area contributed by atoms with E-state index in [0.717, 1.165) is 11.6 Å². The van der Waals surface area contributed by atoms with Gasteiger partial charge in [-0.1, -0.05) is 37.6 Å². The van der Waals surface area contributed by atoms with Crippen molar-refractivity contribution in [2.75, 3.05) is 0 Å². The standard InChI is InChI=1S/C20H22N4O5/c1-12(2)17(21-18(25)14-9-7-13(3)8-10-14)20(27)23-22-19(26)15-5-4-6-16(11-15)24(28)29/h4-12,17H,1-3H3,(H,21,25)(H,22,26)(H,23,27)/t17-/m0/s1. The molecule has 0 aliphatic heterocycles. The fourth-order valence-corrected chi connectivity index (χ4v) is 2.49. The van der Waals surface area contributed by atoms with Crippen LogP contribution in [-0.4, -0.2) is 28.7 Å². The van der Waals surface area contributed by atoms with E-state index in [-0.39, 0.29) is 17.2 Å². The number of nitrogens with zero attached hydrogens (tertiary/aromatic N) is 1. The lowest BCUT2D eigenvalue weighted by molar-refractivity contribution is -0.384. The molecule has 0 heterocycles. The Morgan fingerprint density at radius 3 is 2.17 bits per heavy atom. The predicted octanol–water partition coefficient (Wildman–Crippen LogP) is 2.12. The van der Waals surface area contributed by atoms with Crippen LogP contribution in [0.2, 0.25) is 0 Å². The normalized spacial score (nSPS) is 11.4. The maximum absolute atomic E-state index is 12.5. The molecule has 2 aromatic carbocycles. The van der Waals surface area contributed by atoms with Crippen LogP contribution < -0.4 is 16.2 Å². The molecular formula is C20H22N4O5. The number of benzene rings is 2. The minimum Gasteiger partial charge on any atom is -0.340 e. The van der Waals surface area contributed by atoms with Crippen LogP contribution in [-0.2, 0) is 4.79 Å². The zero-order chi connectivity index (χ0) is 21.6. The number of nitrogens with one attached hydrogen (secondary N) is 3. The van der Waals surface area contributed by atoms with Gasteiger partial charge in [-0.05, 0) is 31.0 Å². The molecule has 2 rings (SSSR count). The van der Waals surface area contributed by atoms with E-state index in [2.05, 4.69) is 16.2 Å². The van der Waals surface area contributed by atoms with E-state index >= 15 is 0 Å². The Kier molecular flexibility index (Phi) is 7.02. The summed E-state index contributed by atoms with van der Waals surface area (Å²) in [5.74, 6) is -1.99. The monoisotopic (exact) mass is 398 g/mol. The van der Waals surface area contributed by atoms with Gasteiger partial charge in [0.1, 0.15) is 6.04 Å². The number of rotatable bonds is 6. The molecule has 9 nitrogen and oxygen atoms in total. The highest BCUT2D eigenvalue weighted by Crippen LogP contribution is 2.13. The highest BCUT2D eigenvalue weighted by atomic mass is 16.6. The number of aryl methyl sites for hydroxylation is 1. The molecule has 0 aliphatic rings. The molecule has 3 amide bonds. The summed E-state index contributed by atoms with van der Waals surface area (Å²) < 4.78 is 0.